The van der Waals surface area contributed by atoms with Gasteiger partial charge in [-0.15, -0.1) is 0 Å². The Morgan fingerprint density at radius 3 is 2.42 bits per heavy atom. The number of rotatable bonds is 7. The second-order valence-electron chi connectivity index (χ2n) is 8.38. The first kappa shape index (κ1) is 21.2. The van der Waals surface area contributed by atoms with Crippen LogP contribution in [0.3, 0.4) is 0 Å². The molecule has 1 saturated carbocycles. The van der Waals surface area contributed by atoms with Gasteiger partial charge in [-0.2, -0.15) is 8.78 Å². The molecule has 1 aliphatic heterocycles. The normalized spacial score (nSPS) is 23.0. The summed E-state index contributed by atoms with van der Waals surface area (Å²) in [5.74, 6) is -0.390. The fourth-order valence-electron chi connectivity index (χ4n) is 3.93. The van der Waals surface area contributed by atoms with Crippen molar-refractivity contribution in [1.29, 1.82) is 0 Å². The molecule has 1 saturated heterocycles. The topological polar surface area (TPSA) is 79.5 Å². The minimum Gasteiger partial charge on any atom is -0.435 e. The predicted molar refractivity (Wildman–Crippen MR) is 110 cm³/mol. The van der Waals surface area contributed by atoms with Gasteiger partial charge in [0.1, 0.15) is 11.9 Å². The first-order valence-corrected chi connectivity index (χ1v) is 10.3. The van der Waals surface area contributed by atoms with Gasteiger partial charge in [0.05, 0.1) is 18.5 Å². The molecule has 2 aromatic rings. The first-order chi connectivity index (χ1) is 14.8. The van der Waals surface area contributed by atoms with Gasteiger partial charge in [0.2, 0.25) is 11.8 Å². The van der Waals surface area contributed by atoms with Crippen LogP contribution in [0.2, 0.25) is 0 Å². The molecule has 4 rings (SSSR count). The number of ether oxygens (including phenoxy) is 1. The maximum Gasteiger partial charge on any atom is 0.387 e. The highest BCUT2D eigenvalue weighted by Gasteiger charge is 2.47. The Morgan fingerprint density at radius 2 is 1.81 bits per heavy atom. The number of halogens is 2. The molecule has 0 spiro atoms. The molecule has 2 aliphatic rings. The van der Waals surface area contributed by atoms with Gasteiger partial charge >= 0.3 is 6.61 Å². The monoisotopic (exact) mass is 429 g/mol. The number of hydrogen-bond acceptors (Lipinski definition) is 4. The van der Waals surface area contributed by atoms with E-state index in [-0.39, 0.29) is 35.4 Å². The van der Waals surface area contributed by atoms with Crippen LogP contribution in [-0.4, -0.2) is 24.5 Å². The van der Waals surface area contributed by atoms with Crippen molar-refractivity contribution in [2.45, 2.75) is 51.0 Å². The molecular weight excluding hydrogens is 404 g/mol. The Labute approximate surface area is 179 Å². The molecule has 6 nitrogen and oxygen atoms in total. The molecular formula is C23H25F2N3O3. The van der Waals surface area contributed by atoms with E-state index in [2.05, 4.69) is 27.6 Å². The molecule has 2 fully saturated rings. The highest BCUT2D eigenvalue weighted by Crippen LogP contribution is 2.54. The van der Waals surface area contributed by atoms with Crippen molar-refractivity contribution in [3.05, 3.63) is 65.7 Å². The van der Waals surface area contributed by atoms with Crippen molar-refractivity contribution in [1.82, 2.24) is 16.0 Å². The lowest BCUT2D eigenvalue weighted by molar-refractivity contribution is -0.132. The third-order valence-corrected chi connectivity index (χ3v) is 5.97. The highest BCUT2D eigenvalue weighted by molar-refractivity contribution is 5.90. The van der Waals surface area contributed by atoms with Gasteiger partial charge in [-0.3, -0.25) is 14.9 Å². The van der Waals surface area contributed by atoms with Crippen LogP contribution in [0.5, 0.6) is 5.75 Å². The number of amides is 2. The standard InChI is InChI=1S/C23H25F2N3O3/c1-23(11-12-23)19(14-7-9-16(10-8-14)31-22(24)25)28-21(30)17-13-18(29)27-20(26-17)15-5-3-2-4-6-15/h2-10,17,19-20,22,26H,11-13H2,1H3,(H,27,29)(H,28,30)/t17?,19-,20?/m0/s1. The van der Waals surface area contributed by atoms with E-state index in [1.165, 1.54) is 12.1 Å². The molecule has 2 aromatic carbocycles. The van der Waals surface area contributed by atoms with Gasteiger partial charge in [-0.05, 0) is 41.5 Å². The van der Waals surface area contributed by atoms with E-state index in [1.807, 2.05) is 30.3 Å². The largest absolute Gasteiger partial charge is 0.435 e. The Balaban J connectivity index is 1.48. The minimum atomic E-state index is -2.89. The van der Waals surface area contributed by atoms with E-state index < -0.39 is 18.8 Å². The summed E-state index contributed by atoms with van der Waals surface area (Å²) in [7, 11) is 0. The number of benzene rings is 2. The number of nitrogens with one attached hydrogen (secondary N) is 3. The summed E-state index contributed by atoms with van der Waals surface area (Å²) in [6.45, 7) is -0.807. The molecule has 1 heterocycles. The molecule has 8 heteroatoms. The fourth-order valence-corrected chi connectivity index (χ4v) is 3.93. The molecule has 31 heavy (non-hydrogen) atoms. The van der Waals surface area contributed by atoms with E-state index in [4.69, 9.17) is 0 Å². The molecule has 0 radical (unpaired) electrons. The zero-order chi connectivity index (χ0) is 22.0. The molecule has 1 aliphatic carbocycles. The number of carbonyl (C=O) groups excluding carboxylic acids is 2. The highest BCUT2D eigenvalue weighted by atomic mass is 19.3. The summed E-state index contributed by atoms with van der Waals surface area (Å²) < 4.78 is 29.3. The zero-order valence-electron chi connectivity index (χ0n) is 17.1. The van der Waals surface area contributed by atoms with Gasteiger partial charge in [0.15, 0.2) is 0 Å². The van der Waals surface area contributed by atoms with E-state index >= 15 is 0 Å². The average Bonchev–Trinajstić information content (AvgIpc) is 3.50. The minimum absolute atomic E-state index is 0.0414. The van der Waals surface area contributed by atoms with Crippen molar-refractivity contribution in [3.8, 4) is 5.75 Å². The van der Waals surface area contributed by atoms with E-state index in [0.29, 0.717) is 0 Å². The van der Waals surface area contributed by atoms with Gasteiger partial charge < -0.3 is 15.4 Å². The van der Waals surface area contributed by atoms with Gasteiger partial charge in [0, 0.05) is 0 Å². The molecule has 3 atom stereocenters. The zero-order valence-corrected chi connectivity index (χ0v) is 17.1. The molecule has 0 bridgehead atoms. The van der Waals surface area contributed by atoms with Crippen LogP contribution in [0.1, 0.15) is 49.5 Å². The second kappa shape index (κ2) is 8.63. The number of alkyl halides is 2. The third-order valence-electron chi connectivity index (χ3n) is 5.97. The molecule has 3 N–H and O–H groups in total. The lowest BCUT2D eigenvalue weighted by Crippen LogP contribution is -2.57. The smallest absolute Gasteiger partial charge is 0.387 e. The van der Waals surface area contributed by atoms with Crippen molar-refractivity contribution >= 4 is 11.8 Å². The van der Waals surface area contributed by atoms with E-state index in [1.54, 1.807) is 12.1 Å². The molecule has 2 unspecified atom stereocenters. The van der Waals surface area contributed by atoms with Crippen LogP contribution < -0.4 is 20.7 Å². The van der Waals surface area contributed by atoms with Crippen molar-refractivity contribution in [2.75, 3.05) is 0 Å². The van der Waals surface area contributed by atoms with Crippen molar-refractivity contribution < 1.29 is 23.1 Å². The maximum atomic E-state index is 13.1. The maximum absolute atomic E-state index is 13.1. The van der Waals surface area contributed by atoms with E-state index in [0.717, 1.165) is 24.0 Å². The van der Waals surface area contributed by atoms with E-state index in [9.17, 15) is 18.4 Å². The quantitative estimate of drug-likeness (QED) is 0.630. The Kier molecular flexibility index (Phi) is 5.91. The summed E-state index contributed by atoms with van der Waals surface area (Å²) in [6.07, 6.45) is 1.48. The van der Waals surface area contributed by atoms with Crippen LogP contribution >= 0.6 is 0 Å². The van der Waals surface area contributed by atoms with Crippen LogP contribution in [0.15, 0.2) is 54.6 Å². The summed E-state index contributed by atoms with van der Waals surface area (Å²) in [4.78, 5) is 25.4. The summed E-state index contributed by atoms with van der Waals surface area (Å²) in [5, 5.41) is 9.16. The summed E-state index contributed by atoms with van der Waals surface area (Å²) in [5.41, 5.74) is 1.57. The van der Waals surface area contributed by atoms with Crippen molar-refractivity contribution in [3.63, 3.8) is 0 Å². The second-order valence-corrected chi connectivity index (χ2v) is 8.38. The average molecular weight is 429 g/mol. The Bertz CT molecular complexity index is 933. The van der Waals surface area contributed by atoms with Crippen molar-refractivity contribution in [2.24, 2.45) is 5.41 Å². The van der Waals surface area contributed by atoms with Crippen LogP contribution in [0.25, 0.3) is 0 Å². The lowest BCUT2D eigenvalue weighted by atomic mass is 9.91. The Morgan fingerprint density at radius 1 is 1.13 bits per heavy atom. The molecule has 0 aromatic heterocycles. The first-order valence-electron chi connectivity index (χ1n) is 10.3. The van der Waals surface area contributed by atoms with Crippen LogP contribution in [-0.2, 0) is 9.59 Å². The van der Waals surface area contributed by atoms with Gasteiger partial charge in [-0.1, -0.05) is 49.4 Å². The lowest BCUT2D eigenvalue weighted by Gasteiger charge is -2.33. The van der Waals surface area contributed by atoms with Gasteiger partial charge in [-0.25, -0.2) is 0 Å². The van der Waals surface area contributed by atoms with Crippen LogP contribution in [0, 0.1) is 5.41 Å². The number of carbonyl (C=O) groups is 2. The third kappa shape index (κ3) is 5.02. The Hall–Kier alpha value is -3.00. The summed E-state index contributed by atoms with van der Waals surface area (Å²) >= 11 is 0. The SMILES string of the molecule is CC1([C@@H](NC(=O)C2CC(=O)NC(c3ccccc3)N2)c2ccc(OC(F)F)cc2)CC1. The molecule has 2 amide bonds. The molecule has 164 valence electrons. The fraction of sp³-hybridized carbons (Fsp3) is 0.391. The van der Waals surface area contributed by atoms with Gasteiger partial charge in [0.25, 0.3) is 0 Å². The van der Waals surface area contributed by atoms with Crippen LogP contribution in [0.4, 0.5) is 8.78 Å². The summed E-state index contributed by atoms with van der Waals surface area (Å²) in [6, 6.07) is 14.8. The predicted octanol–water partition coefficient (Wildman–Crippen LogP) is 3.42. The number of hydrogen-bond donors (Lipinski definition) is 3.